The highest BCUT2D eigenvalue weighted by Gasteiger charge is 2.21. The van der Waals surface area contributed by atoms with E-state index in [1.54, 1.807) is 23.5 Å². The maximum absolute atomic E-state index is 10.9. The average Bonchev–Trinajstić information content (AvgIpc) is 2.91. The molecule has 0 saturated carbocycles. The first-order chi connectivity index (χ1) is 8.99. The Morgan fingerprint density at radius 2 is 2.16 bits per heavy atom. The van der Waals surface area contributed by atoms with Crippen LogP contribution in [0, 0.1) is 0 Å². The van der Waals surface area contributed by atoms with Crippen molar-refractivity contribution < 1.29 is 9.90 Å². The summed E-state index contributed by atoms with van der Waals surface area (Å²) in [4.78, 5) is 16.2. The van der Waals surface area contributed by atoms with Crippen LogP contribution in [0.3, 0.4) is 0 Å². The Labute approximate surface area is 116 Å². The summed E-state index contributed by atoms with van der Waals surface area (Å²) in [7, 11) is 0. The van der Waals surface area contributed by atoms with Gasteiger partial charge in [0, 0.05) is 16.8 Å². The van der Waals surface area contributed by atoms with E-state index in [2.05, 4.69) is 35.6 Å². The van der Waals surface area contributed by atoms with E-state index in [9.17, 15) is 4.79 Å². The number of nitrogens with zero attached hydrogens (tertiary/aromatic N) is 1. The third-order valence-corrected chi connectivity index (χ3v) is 4.10. The van der Waals surface area contributed by atoms with Gasteiger partial charge in [-0.25, -0.2) is 9.78 Å². The zero-order valence-corrected chi connectivity index (χ0v) is 11.7. The van der Waals surface area contributed by atoms with Gasteiger partial charge in [0.25, 0.3) is 0 Å². The molecular weight excluding hydrogens is 260 g/mol. The van der Waals surface area contributed by atoms with Crippen LogP contribution in [0.2, 0.25) is 0 Å². The van der Waals surface area contributed by atoms with Crippen LogP contribution in [-0.4, -0.2) is 22.6 Å². The second-order valence-electron chi connectivity index (χ2n) is 4.93. The Morgan fingerprint density at radius 3 is 2.79 bits per heavy atom. The minimum atomic E-state index is -1.01. The quantitative estimate of drug-likeness (QED) is 0.880. The van der Waals surface area contributed by atoms with Crippen molar-refractivity contribution in [2.45, 2.75) is 19.3 Å². The van der Waals surface area contributed by atoms with Crippen molar-refractivity contribution in [1.29, 1.82) is 0 Å². The molecule has 2 aromatic heterocycles. The van der Waals surface area contributed by atoms with Gasteiger partial charge in [-0.1, -0.05) is 26.0 Å². The van der Waals surface area contributed by atoms with Crippen LogP contribution in [0.4, 0.5) is 5.82 Å². The number of hydrogen-bond donors (Lipinski definition) is 2. The van der Waals surface area contributed by atoms with Gasteiger partial charge in [0.15, 0.2) is 5.69 Å². The predicted molar refractivity (Wildman–Crippen MR) is 77.0 cm³/mol. The first kappa shape index (κ1) is 13.5. The number of carboxylic acid groups (broad SMARTS) is 1. The molecule has 100 valence electrons. The summed E-state index contributed by atoms with van der Waals surface area (Å²) in [6.45, 7) is 4.99. The van der Waals surface area contributed by atoms with E-state index in [0.717, 1.165) is 0 Å². The summed E-state index contributed by atoms with van der Waals surface area (Å²) in [5.74, 6) is -0.425. The number of nitrogens with one attached hydrogen (secondary N) is 1. The van der Waals surface area contributed by atoms with Gasteiger partial charge < -0.3 is 10.4 Å². The van der Waals surface area contributed by atoms with Crippen LogP contribution in [0.15, 0.2) is 35.7 Å². The minimum absolute atomic E-state index is 0.0188. The highest BCUT2D eigenvalue weighted by atomic mass is 32.1. The van der Waals surface area contributed by atoms with Gasteiger partial charge in [-0.05, 0) is 23.6 Å². The molecule has 19 heavy (non-hydrogen) atoms. The number of carboxylic acids is 1. The van der Waals surface area contributed by atoms with Crippen molar-refractivity contribution in [3.63, 3.8) is 0 Å². The molecule has 5 heteroatoms. The predicted octanol–water partition coefficient (Wildman–Crippen LogP) is 3.23. The van der Waals surface area contributed by atoms with Crippen LogP contribution in [0.1, 0.15) is 29.2 Å². The number of rotatable bonds is 5. The van der Waals surface area contributed by atoms with Gasteiger partial charge in [0.1, 0.15) is 5.82 Å². The lowest BCUT2D eigenvalue weighted by atomic mass is 9.91. The Hall–Kier alpha value is -1.88. The second-order valence-corrected chi connectivity index (χ2v) is 5.88. The fraction of sp³-hybridized carbons (Fsp3) is 0.286. The topological polar surface area (TPSA) is 62.2 Å². The van der Waals surface area contributed by atoms with Crippen LogP contribution < -0.4 is 5.32 Å². The van der Waals surface area contributed by atoms with Crippen LogP contribution >= 0.6 is 11.3 Å². The third-order valence-electron chi connectivity index (χ3n) is 2.87. The number of aromatic nitrogens is 1. The molecule has 0 saturated heterocycles. The lowest BCUT2D eigenvalue weighted by Gasteiger charge is -2.24. The second kappa shape index (κ2) is 5.40. The summed E-state index contributed by atoms with van der Waals surface area (Å²) in [5.41, 5.74) is 0.0358. The molecular formula is C14H16N2O2S. The SMILES string of the molecule is CC(C)(CNc1cccc(C(=O)O)n1)c1cccs1. The zero-order chi connectivity index (χ0) is 13.9. The van der Waals surface area contributed by atoms with Gasteiger partial charge in [-0.3, -0.25) is 0 Å². The van der Waals surface area contributed by atoms with Crippen molar-refractivity contribution in [2.75, 3.05) is 11.9 Å². The molecule has 2 aromatic rings. The van der Waals surface area contributed by atoms with E-state index in [1.807, 2.05) is 6.07 Å². The van der Waals surface area contributed by atoms with Gasteiger partial charge in [0.05, 0.1) is 0 Å². The fourth-order valence-electron chi connectivity index (χ4n) is 1.71. The highest BCUT2D eigenvalue weighted by Crippen LogP contribution is 2.27. The Kier molecular flexibility index (Phi) is 3.85. The number of carbonyl (C=O) groups is 1. The fourth-order valence-corrected chi connectivity index (χ4v) is 2.57. The summed E-state index contributed by atoms with van der Waals surface area (Å²) in [6, 6.07) is 9.09. The number of pyridine rings is 1. The molecule has 0 unspecified atom stereocenters. The molecule has 0 fully saturated rings. The Morgan fingerprint density at radius 1 is 1.37 bits per heavy atom. The van der Waals surface area contributed by atoms with E-state index in [0.29, 0.717) is 12.4 Å². The van der Waals surface area contributed by atoms with Gasteiger partial charge in [0.2, 0.25) is 0 Å². The van der Waals surface area contributed by atoms with E-state index < -0.39 is 5.97 Å². The summed E-state index contributed by atoms with van der Waals surface area (Å²) in [6.07, 6.45) is 0. The molecule has 0 bridgehead atoms. The highest BCUT2D eigenvalue weighted by molar-refractivity contribution is 7.10. The number of aromatic carboxylic acids is 1. The molecule has 0 amide bonds. The van der Waals surface area contributed by atoms with E-state index >= 15 is 0 Å². The summed E-state index contributed by atoms with van der Waals surface area (Å²) in [5, 5.41) is 14.2. The van der Waals surface area contributed by atoms with Crippen molar-refractivity contribution in [1.82, 2.24) is 4.98 Å². The van der Waals surface area contributed by atoms with E-state index in [-0.39, 0.29) is 11.1 Å². The third kappa shape index (κ3) is 3.32. The zero-order valence-electron chi connectivity index (χ0n) is 10.9. The summed E-state index contributed by atoms with van der Waals surface area (Å²) < 4.78 is 0. The molecule has 2 rings (SSSR count). The van der Waals surface area contributed by atoms with Gasteiger partial charge >= 0.3 is 5.97 Å². The number of hydrogen-bond acceptors (Lipinski definition) is 4. The summed E-state index contributed by atoms with van der Waals surface area (Å²) >= 11 is 1.72. The van der Waals surface area contributed by atoms with E-state index in [1.165, 1.54) is 10.9 Å². The molecule has 2 N–H and O–H groups in total. The van der Waals surface area contributed by atoms with Crippen LogP contribution in [0.25, 0.3) is 0 Å². The van der Waals surface area contributed by atoms with Gasteiger partial charge in [-0.2, -0.15) is 0 Å². The molecule has 4 nitrogen and oxygen atoms in total. The first-order valence-electron chi connectivity index (χ1n) is 5.97. The van der Waals surface area contributed by atoms with Crippen molar-refractivity contribution in [3.8, 4) is 0 Å². The van der Waals surface area contributed by atoms with Crippen LogP contribution in [0.5, 0.6) is 0 Å². The number of thiophene rings is 1. The van der Waals surface area contributed by atoms with Gasteiger partial charge in [-0.15, -0.1) is 11.3 Å². The Bertz CT molecular complexity index is 565. The normalized spacial score (nSPS) is 11.3. The molecule has 0 radical (unpaired) electrons. The van der Waals surface area contributed by atoms with E-state index in [4.69, 9.17) is 5.11 Å². The van der Waals surface area contributed by atoms with Crippen LogP contribution in [-0.2, 0) is 5.41 Å². The average molecular weight is 276 g/mol. The monoisotopic (exact) mass is 276 g/mol. The molecule has 0 aliphatic heterocycles. The molecule has 0 aliphatic rings. The maximum atomic E-state index is 10.9. The molecule has 2 heterocycles. The smallest absolute Gasteiger partial charge is 0.354 e. The molecule has 0 aliphatic carbocycles. The molecule has 0 atom stereocenters. The van der Waals surface area contributed by atoms with Crippen molar-refractivity contribution >= 4 is 23.1 Å². The number of anilines is 1. The largest absolute Gasteiger partial charge is 0.477 e. The molecule has 0 aromatic carbocycles. The first-order valence-corrected chi connectivity index (χ1v) is 6.85. The minimum Gasteiger partial charge on any atom is -0.477 e. The van der Waals surface area contributed by atoms with Crippen molar-refractivity contribution in [2.24, 2.45) is 0 Å². The standard InChI is InChI=1S/C14H16N2O2S/c1-14(2,11-6-4-8-19-11)9-15-12-7-3-5-10(16-12)13(17)18/h3-8H,9H2,1-2H3,(H,15,16)(H,17,18). The van der Waals surface area contributed by atoms with Crippen molar-refractivity contribution in [3.05, 3.63) is 46.3 Å². The maximum Gasteiger partial charge on any atom is 0.354 e. The Balaban J connectivity index is 2.06. The lowest BCUT2D eigenvalue weighted by Crippen LogP contribution is -2.27. The lowest BCUT2D eigenvalue weighted by molar-refractivity contribution is 0.0690. The molecule has 0 spiro atoms.